The first-order valence-corrected chi connectivity index (χ1v) is 8.77. The summed E-state index contributed by atoms with van der Waals surface area (Å²) in [7, 11) is 0. The first-order chi connectivity index (χ1) is 10.6. The molecule has 0 radical (unpaired) electrons. The molecule has 2 N–H and O–H groups in total. The monoisotopic (exact) mass is 304 g/mol. The average Bonchev–Trinajstić information content (AvgIpc) is 3.18. The van der Waals surface area contributed by atoms with Crippen molar-refractivity contribution in [2.45, 2.75) is 76.9 Å². The molecule has 1 aliphatic heterocycles. The van der Waals surface area contributed by atoms with Gasteiger partial charge >= 0.3 is 0 Å². The number of carbonyl (C=O) groups excluding carboxylic acids is 1. The fourth-order valence-electron chi connectivity index (χ4n) is 3.86. The van der Waals surface area contributed by atoms with Gasteiger partial charge in [0.1, 0.15) is 5.69 Å². The Balaban J connectivity index is 1.67. The summed E-state index contributed by atoms with van der Waals surface area (Å²) in [6.07, 6.45) is 8.31. The SMILES string of the molecule is CC(C)N1CCCCC1c1cc(C(=O)NC2CCCC2)n[nH]1. The molecule has 2 heterocycles. The van der Waals surface area contributed by atoms with Crippen molar-refractivity contribution in [3.8, 4) is 0 Å². The minimum absolute atomic E-state index is 0.0266. The lowest BCUT2D eigenvalue weighted by atomic mass is 9.97. The number of carbonyl (C=O) groups is 1. The minimum atomic E-state index is -0.0266. The summed E-state index contributed by atoms with van der Waals surface area (Å²) in [6.45, 7) is 5.61. The highest BCUT2D eigenvalue weighted by atomic mass is 16.2. The van der Waals surface area contributed by atoms with Crippen LogP contribution in [0, 0.1) is 0 Å². The van der Waals surface area contributed by atoms with Gasteiger partial charge in [0, 0.05) is 12.1 Å². The maximum Gasteiger partial charge on any atom is 0.271 e. The quantitative estimate of drug-likeness (QED) is 0.899. The van der Waals surface area contributed by atoms with Crippen LogP contribution in [-0.2, 0) is 0 Å². The van der Waals surface area contributed by atoms with Crippen molar-refractivity contribution in [1.29, 1.82) is 0 Å². The highest BCUT2D eigenvalue weighted by Gasteiger charge is 2.28. The number of nitrogens with one attached hydrogen (secondary N) is 2. The molecule has 0 aromatic carbocycles. The van der Waals surface area contributed by atoms with Gasteiger partial charge in [-0.25, -0.2) is 0 Å². The Morgan fingerprint density at radius 3 is 2.73 bits per heavy atom. The van der Waals surface area contributed by atoms with Gasteiger partial charge in [-0.1, -0.05) is 19.3 Å². The third-order valence-electron chi connectivity index (χ3n) is 5.09. The fourth-order valence-corrected chi connectivity index (χ4v) is 3.86. The van der Waals surface area contributed by atoms with Crippen LogP contribution in [0.25, 0.3) is 0 Å². The third kappa shape index (κ3) is 3.35. The third-order valence-corrected chi connectivity index (χ3v) is 5.09. The number of hydrogen-bond donors (Lipinski definition) is 2. The molecule has 1 saturated carbocycles. The number of piperidine rings is 1. The molecular weight excluding hydrogens is 276 g/mol. The van der Waals surface area contributed by atoms with E-state index in [0.717, 1.165) is 31.5 Å². The van der Waals surface area contributed by atoms with Gasteiger partial charge in [0.15, 0.2) is 0 Å². The van der Waals surface area contributed by atoms with Crippen LogP contribution in [0.1, 0.15) is 81.0 Å². The van der Waals surface area contributed by atoms with Crippen LogP contribution in [0.5, 0.6) is 0 Å². The molecule has 0 bridgehead atoms. The molecule has 2 fully saturated rings. The van der Waals surface area contributed by atoms with E-state index in [-0.39, 0.29) is 5.91 Å². The topological polar surface area (TPSA) is 61.0 Å². The molecule has 3 rings (SSSR count). The molecule has 1 amide bonds. The standard InChI is InChI=1S/C17H28N4O/c1-12(2)21-10-6-5-9-16(21)14-11-15(20-19-14)17(22)18-13-7-3-4-8-13/h11-13,16H,3-10H2,1-2H3,(H,18,22)(H,19,20). The normalized spacial score (nSPS) is 24.0. The van der Waals surface area contributed by atoms with Gasteiger partial charge in [0.2, 0.25) is 0 Å². The first kappa shape index (κ1) is 15.5. The van der Waals surface area contributed by atoms with Gasteiger partial charge in [-0.3, -0.25) is 14.8 Å². The van der Waals surface area contributed by atoms with Crippen LogP contribution in [0.3, 0.4) is 0 Å². The van der Waals surface area contributed by atoms with Gasteiger partial charge in [-0.15, -0.1) is 0 Å². The Morgan fingerprint density at radius 1 is 1.27 bits per heavy atom. The molecule has 5 heteroatoms. The van der Waals surface area contributed by atoms with E-state index in [1.165, 1.54) is 25.7 Å². The van der Waals surface area contributed by atoms with Crippen molar-refractivity contribution < 1.29 is 4.79 Å². The van der Waals surface area contributed by atoms with Crippen LogP contribution < -0.4 is 5.32 Å². The van der Waals surface area contributed by atoms with Crippen LogP contribution in [0.15, 0.2) is 6.07 Å². The summed E-state index contributed by atoms with van der Waals surface area (Å²) < 4.78 is 0. The average molecular weight is 304 g/mol. The Morgan fingerprint density at radius 2 is 2.00 bits per heavy atom. The van der Waals surface area contributed by atoms with Crippen LogP contribution >= 0.6 is 0 Å². The van der Waals surface area contributed by atoms with Gasteiger partial charge in [0.05, 0.1) is 11.7 Å². The smallest absolute Gasteiger partial charge is 0.271 e. The van der Waals surface area contributed by atoms with E-state index in [4.69, 9.17) is 0 Å². The molecular formula is C17H28N4O. The Bertz CT molecular complexity index is 505. The summed E-state index contributed by atoms with van der Waals surface area (Å²) in [5.74, 6) is -0.0266. The molecule has 22 heavy (non-hydrogen) atoms. The van der Waals surface area contributed by atoms with Crippen LogP contribution in [0.2, 0.25) is 0 Å². The molecule has 1 aromatic heterocycles. The van der Waals surface area contributed by atoms with E-state index >= 15 is 0 Å². The van der Waals surface area contributed by atoms with Crippen molar-refractivity contribution in [2.24, 2.45) is 0 Å². The van der Waals surface area contributed by atoms with Gasteiger partial charge in [-0.05, 0) is 52.1 Å². The van der Waals surface area contributed by atoms with E-state index < -0.39 is 0 Å². The molecule has 1 aromatic rings. The predicted molar refractivity (Wildman–Crippen MR) is 86.7 cm³/mol. The lowest BCUT2D eigenvalue weighted by molar-refractivity contribution is 0.0932. The summed E-state index contributed by atoms with van der Waals surface area (Å²) in [4.78, 5) is 14.8. The molecule has 5 nitrogen and oxygen atoms in total. The fraction of sp³-hybridized carbons (Fsp3) is 0.765. The molecule has 1 atom stereocenters. The maximum absolute atomic E-state index is 12.3. The molecule has 1 unspecified atom stereocenters. The number of likely N-dealkylation sites (tertiary alicyclic amines) is 1. The van der Waals surface area contributed by atoms with Crippen LogP contribution in [0.4, 0.5) is 0 Å². The Kier molecular flexibility index (Phi) is 4.81. The van der Waals surface area contributed by atoms with Gasteiger partial charge in [0.25, 0.3) is 5.91 Å². The van der Waals surface area contributed by atoms with Crippen molar-refractivity contribution in [3.05, 3.63) is 17.5 Å². The van der Waals surface area contributed by atoms with Crippen molar-refractivity contribution in [1.82, 2.24) is 20.4 Å². The van der Waals surface area contributed by atoms with E-state index in [1.807, 2.05) is 6.07 Å². The van der Waals surface area contributed by atoms with Crippen molar-refractivity contribution in [2.75, 3.05) is 6.54 Å². The molecule has 1 aliphatic carbocycles. The second kappa shape index (κ2) is 6.82. The highest BCUT2D eigenvalue weighted by Crippen LogP contribution is 2.31. The van der Waals surface area contributed by atoms with Crippen molar-refractivity contribution >= 4 is 5.91 Å². The van der Waals surface area contributed by atoms with E-state index in [9.17, 15) is 4.79 Å². The van der Waals surface area contributed by atoms with E-state index in [1.54, 1.807) is 0 Å². The number of H-pyrrole nitrogens is 1. The Hall–Kier alpha value is -1.36. The summed E-state index contributed by atoms with van der Waals surface area (Å²) in [5, 5.41) is 10.5. The molecule has 0 spiro atoms. The summed E-state index contributed by atoms with van der Waals surface area (Å²) in [6, 6.07) is 3.18. The zero-order valence-corrected chi connectivity index (χ0v) is 13.8. The summed E-state index contributed by atoms with van der Waals surface area (Å²) in [5.41, 5.74) is 1.63. The Labute approximate surface area is 132 Å². The molecule has 122 valence electrons. The lowest BCUT2D eigenvalue weighted by Crippen LogP contribution is -2.38. The first-order valence-electron chi connectivity index (χ1n) is 8.77. The van der Waals surface area contributed by atoms with Crippen molar-refractivity contribution in [3.63, 3.8) is 0 Å². The lowest BCUT2D eigenvalue weighted by Gasteiger charge is -2.37. The number of amides is 1. The van der Waals surface area contributed by atoms with E-state index in [2.05, 4.69) is 34.3 Å². The predicted octanol–water partition coefficient (Wildman–Crippen LogP) is 3.02. The number of rotatable bonds is 4. The number of hydrogen-bond acceptors (Lipinski definition) is 3. The molecule has 1 saturated heterocycles. The van der Waals surface area contributed by atoms with E-state index in [0.29, 0.717) is 23.8 Å². The van der Waals surface area contributed by atoms with Gasteiger partial charge < -0.3 is 5.32 Å². The molecule has 2 aliphatic rings. The maximum atomic E-state index is 12.3. The second-order valence-corrected chi connectivity index (χ2v) is 7.01. The second-order valence-electron chi connectivity index (χ2n) is 7.01. The number of nitrogens with zero attached hydrogens (tertiary/aromatic N) is 2. The highest BCUT2D eigenvalue weighted by molar-refractivity contribution is 5.92. The zero-order valence-electron chi connectivity index (χ0n) is 13.8. The largest absolute Gasteiger partial charge is 0.348 e. The number of aromatic nitrogens is 2. The summed E-state index contributed by atoms with van der Waals surface area (Å²) >= 11 is 0. The zero-order chi connectivity index (χ0) is 15.5. The number of aromatic amines is 1. The minimum Gasteiger partial charge on any atom is -0.348 e. The van der Waals surface area contributed by atoms with Gasteiger partial charge in [-0.2, -0.15) is 5.10 Å². The van der Waals surface area contributed by atoms with Crippen LogP contribution in [-0.4, -0.2) is 39.6 Å².